The fourth-order valence-corrected chi connectivity index (χ4v) is 3.30. The van der Waals surface area contributed by atoms with E-state index < -0.39 is 23.4 Å². The lowest BCUT2D eigenvalue weighted by Crippen LogP contribution is -2.39. The molecule has 0 fully saturated rings. The quantitative estimate of drug-likeness (QED) is 0.567. The number of rotatable bonds is 4. The summed E-state index contributed by atoms with van der Waals surface area (Å²) in [5, 5.41) is 0. The first kappa shape index (κ1) is 22.7. The molecule has 1 aliphatic heterocycles. The van der Waals surface area contributed by atoms with Crippen LogP contribution in [-0.4, -0.2) is 29.7 Å². The van der Waals surface area contributed by atoms with Gasteiger partial charge in [0.15, 0.2) is 0 Å². The maximum atomic E-state index is 13.7. The Morgan fingerprint density at radius 3 is 2.32 bits per heavy atom. The largest absolute Gasteiger partial charge is 0.488 e. The van der Waals surface area contributed by atoms with E-state index in [2.05, 4.69) is 0 Å². The van der Waals surface area contributed by atoms with E-state index in [0.717, 1.165) is 11.6 Å². The van der Waals surface area contributed by atoms with Crippen molar-refractivity contribution in [3.63, 3.8) is 0 Å². The van der Waals surface area contributed by atoms with Gasteiger partial charge in [-0.1, -0.05) is 48.5 Å². The molecular weight excluding hydrogens is 407 g/mol. The molecule has 3 rings (SSSR count). The Labute approximate surface area is 180 Å². The smallest absolute Gasteiger partial charge is 0.419 e. The molecule has 0 saturated heterocycles. The SMILES string of the molecule is CC(C)(C)OC(=O)N1CC=C(c2cccc(C(F)(F)F)c2OCc2ccccc2)CC1. The van der Waals surface area contributed by atoms with E-state index >= 15 is 0 Å². The van der Waals surface area contributed by atoms with Gasteiger partial charge in [-0.3, -0.25) is 0 Å². The van der Waals surface area contributed by atoms with Gasteiger partial charge < -0.3 is 14.4 Å². The predicted molar refractivity (Wildman–Crippen MR) is 113 cm³/mol. The van der Waals surface area contributed by atoms with Crippen molar-refractivity contribution in [1.29, 1.82) is 0 Å². The Hall–Kier alpha value is -2.96. The van der Waals surface area contributed by atoms with E-state index in [1.807, 2.05) is 18.2 Å². The third kappa shape index (κ3) is 6.03. The molecule has 4 nitrogen and oxygen atoms in total. The van der Waals surface area contributed by atoms with E-state index in [4.69, 9.17) is 9.47 Å². The van der Waals surface area contributed by atoms with E-state index in [-0.39, 0.29) is 18.9 Å². The molecule has 0 atom stereocenters. The molecule has 1 amide bonds. The average Bonchev–Trinajstić information content (AvgIpc) is 2.71. The normalized spacial score (nSPS) is 14.8. The van der Waals surface area contributed by atoms with Crippen LogP contribution in [0.2, 0.25) is 0 Å². The monoisotopic (exact) mass is 433 g/mol. The molecule has 1 heterocycles. The van der Waals surface area contributed by atoms with Crippen molar-refractivity contribution >= 4 is 11.7 Å². The maximum absolute atomic E-state index is 13.7. The summed E-state index contributed by atoms with van der Waals surface area (Å²) < 4.78 is 52.1. The fraction of sp³-hybridized carbons (Fsp3) is 0.375. The Bertz CT molecular complexity index is 947. The fourth-order valence-electron chi connectivity index (χ4n) is 3.30. The lowest BCUT2D eigenvalue weighted by atomic mass is 9.96. The molecule has 31 heavy (non-hydrogen) atoms. The number of alkyl halides is 3. The van der Waals surface area contributed by atoms with Gasteiger partial charge in [-0.05, 0) is 44.4 Å². The Morgan fingerprint density at radius 1 is 1.03 bits per heavy atom. The zero-order valence-electron chi connectivity index (χ0n) is 17.8. The summed E-state index contributed by atoms with van der Waals surface area (Å²) in [6.45, 7) is 6.01. The van der Waals surface area contributed by atoms with Gasteiger partial charge in [-0.2, -0.15) is 13.2 Å². The van der Waals surface area contributed by atoms with Crippen LogP contribution in [0.3, 0.4) is 0 Å². The maximum Gasteiger partial charge on any atom is 0.419 e. The van der Waals surface area contributed by atoms with Crippen molar-refractivity contribution < 1.29 is 27.4 Å². The summed E-state index contributed by atoms with van der Waals surface area (Å²) in [7, 11) is 0. The van der Waals surface area contributed by atoms with Crippen molar-refractivity contribution in [2.75, 3.05) is 13.1 Å². The number of hydrogen-bond donors (Lipinski definition) is 0. The van der Waals surface area contributed by atoms with E-state index in [9.17, 15) is 18.0 Å². The number of ether oxygens (including phenoxy) is 2. The van der Waals surface area contributed by atoms with Gasteiger partial charge >= 0.3 is 12.3 Å². The minimum atomic E-state index is -4.54. The van der Waals surface area contributed by atoms with E-state index in [1.54, 1.807) is 45.0 Å². The first-order chi connectivity index (χ1) is 14.5. The topological polar surface area (TPSA) is 38.8 Å². The van der Waals surface area contributed by atoms with E-state index in [1.165, 1.54) is 11.0 Å². The summed E-state index contributed by atoms with van der Waals surface area (Å²) in [5.74, 6) is -0.184. The number of amides is 1. The number of carbonyl (C=O) groups excluding carboxylic acids is 1. The molecule has 0 N–H and O–H groups in total. The highest BCUT2D eigenvalue weighted by atomic mass is 19.4. The Balaban J connectivity index is 1.86. The van der Waals surface area contributed by atoms with Gasteiger partial charge in [0, 0.05) is 18.7 Å². The molecule has 0 aliphatic carbocycles. The third-order valence-electron chi connectivity index (χ3n) is 4.75. The second-order valence-electron chi connectivity index (χ2n) is 8.36. The molecule has 166 valence electrons. The molecule has 7 heteroatoms. The van der Waals surface area contributed by atoms with Gasteiger partial charge in [0.1, 0.15) is 18.0 Å². The lowest BCUT2D eigenvalue weighted by molar-refractivity contribution is -0.139. The summed E-state index contributed by atoms with van der Waals surface area (Å²) in [5.41, 5.74) is 0.472. The molecule has 0 spiro atoms. The number of halogens is 3. The minimum Gasteiger partial charge on any atom is -0.488 e. The van der Waals surface area contributed by atoms with Crippen LogP contribution in [0.1, 0.15) is 43.9 Å². The Kier molecular flexibility index (Phi) is 6.62. The number of hydrogen-bond acceptors (Lipinski definition) is 3. The van der Waals surface area contributed by atoms with Crippen molar-refractivity contribution in [3.05, 3.63) is 71.3 Å². The van der Waals surface area contributed by atoms with Crippen LogP contribution in [0.5, 0.6) is 5.75 Å². The first-order valence-electron chi connectivity index (χ1n) is 10.1. The number of nitrogens with zero attached hydrogens (tertiary/aromatic N) is 1. The minimum absolute atomic E-state index is 0.0260. The molecule has 0 bridgehead atoms. The standard InChI is InChI=1S/C24H26F3NO3/c1-23(2,3)31-22(29)28-14-12-18(13-15-28)19-10-7-11-20(24(25,26)27)21(19)30-16-17-8-5-4-6-9-17/h4-12H,13-16H2,1-3H3. The second-order valence-corrected chi connectivity index (χ2v) is 8.36. The summed E-state index contributed by atoms with van der Waals surface area (Å²) in [6.07, 6.45) is -2.81. The van der Waals surface area contributed by atoms with Crippen molar-refractivity contribution in [3.8, 4) is 5.75 Å². The van der Waals surface area contributed by atoms with Gasteiger partial charge in [0.2, 0.25) is 0 Å². The summed E-state index contributed by atoms with van der Waals surface area (Å²) in [4.78, 5) is 13.8. The van der Waals surface area contributed by atoms with Crippen LogP contribution in [0.15, 0.2) is 54.6 Å². The highest BCUT2D eigenvalue weighted by molar-refractivity contribution is 5.76. The average molecular weight is 433 g/mol. The first-order valence-corrected chi connectivity index (χ1v) is 10.1. The van der Waals surface area contributed by atoms with Gasteiger partial charge in [0.25, 0.3) is 0 Å². The van der Waals surface area contributed by atoms with E-state index in [0.29, 0.717) is 24.1 Å². The molecule has 1 aliphatic rings. The van der Waals surface area contributed by atoms with Crippen molar-refractivity contribution in [2.45, 2.75) is 45.6 Å². The molecule has 0 aromatic heterocycles. The van der Waals surface area contributed by atoms with Crippen LogP contribution < -0.4 is 4.74 Å². The van der Waals surface area contributed by atoms with Gasteiger partial charge in [0.05, 0.1) is 5.56 Å². The highest BCUT2D eigenvalue weighted by Gasteiger charge is 2.36. The van der Waals surface area contributed by atoms with Gasteiger partial charge in [-0.25, -0.2) is 4.79 Å². The highest BCUT2D eigenvalue weighted by Crippen LogP contribution is 2.42. The van der Waals surface area contributed by atoms with Crippen molar-refractivity contribution in [2.24, 2.45) is 0 Å². The summed E-state index contributed by atoms with van der Waals surface area (Å²) in [6, 6.07) is 13.1. The molecule has 2 aromatic carbocycles. The number of carbonyl (C=O) groups is 1. The van der Waals surface area contributed by atoms with Crippen LogP contribution in [0.4, 0.5) is 18.0 Å². The summed E-state index contributed by atoms with van der Waals surface area (Å²) >= 11 is 0. The van der Waals surface area contributed by atoms with Crippen molar-refractivity contribution in [1.82, 2.24) is 4.90 Å². The van der Waals surface area contributed by atoms with Crippen LogP contribution in [0, 0.1) is 0 Å². The lowest BCUT2D eigenvalue weighted by Gasteiger charge is -2.30. The predicted octanol–water partition coefficient (Wildman–Crippen LogP) is 6.31. The number of benzene rings is 2. The zero-order valence-corrected chi connectivity index (χ0v) is 17.8. The second kappa shape index (κ2) is 9.04. The van der Waals surface area contributed by atoms with Crippen LogP contribution in [0.25, 0.3) is 5.57 Å². The third-order valence-corrected chi connectivity index (χ3v) is 4.75. The van der Waals surface area contributed by atoms with Crippen LogP contribution in [-0.2, 0) is 17.5 Å². The Morgan fingerprint density at radius 2 is 1.74 bits per heavy atom. The molecule has 2 aromatic rings. The number of para-hydroxylation sites is 1. The molecular formula is C24H26F3NO3. The van der Waals surface area contributed by atoms with Gasteiger partial charge in [-0.15, -0.1) is 0 Å². The molecule has 0 radical (unpaired) electrons. The van der Waals surface area contributed by atoms with Crippen LogP contribution >= 0.6 is 0 Å². The molecule has 0 saturated carbocycles. The molecule has 0 unspecified atom stereocenters. The zero-order chi connectivity index (χ0) is 22.6.